The first-order chi connectivity index (χ1) is 21.4. The molecule has 0 fully saturated rings. The number of aromatic nitrogens is 1. The Labute approximate surface area is 280 Å². The second kappa shape index (κ2) is 16.0. The van der Waals surface area contributed by atoms with Crippen LogP contribution in [0.1, 0.15) is 88.3 Å². The van der Waals surface area contributed by atoms with Crippen LogP contribution in [0.2, 0.25) is 0 Å². The van der Waals surface area contributed by atoms with E-state index in [9.17, 15) is 0 Å². The molecule has 0 spiro atoms. The van der Waals surface area contributed by atoms with E-state index in [-0.39, 0.29) is 6.29 Å². The van der Waals surface area contributed by atoms with Gasteiger partial charge >= 0.3 is 0 Å². The Morgan fingerprint density at radius 3 is 1.50 bits per heavy atom. The van der Waals surface area contributed by atoms with Gasteiger partial charge in [-0.25, -0.2) is 0 Å². The molecule has 0 radical (unpaired) electrons. The number of hydrogen-bond acceptors (Lipinski definition) is 2. The smallest absolute Gasteiger partial charge is 0.241 e. The van der Waals surface area contributed by atoms with Crippen molar-refractivity contribution < 1.29 is 9.47 Å². The van der Waals surface area contributed by atoms with Crippen LogP contribution in [-0.4, -0.2) is 10.9 Å². The number of hydrogen-bond donors (Lipinski definition) is 0. The lowest BCUT2D eigenvalue weighted by molar-refractivity contribution is -0.00251. The van der Waals surface area contributed by atoms with Crippen molar-refractivity contribution in [3.63, 3.8) is 0 Å². The van der Waals surface area contributed by atoms with Gasteiger partial charge in [-0.1, -0.05) is 125 Å². The number of halogens is 2. The molecule has 0 aliphatic carbocycles. The van der Waals surface area contributed by atoms with Gasteiger partial charge in [0.1, 0.15) is 11.5 Å². The third-order valence-electron chi connectivity index (χ3n) is 8.54. The molecule has 1 heterocycles. The largest absolute Gasteiger partial charge is 0.455 e. The lowest BCUT2D eigenvalue weighted by Gasteiger charge is -2.23. The van der Waals surface area contributed by atoms with Crippen molar-refractivity contribution >= 4 is 53.7 Å². The molecule has 1 aromatic heterocycles. The summed E-state index contributed by atoms with van der Waals surface area (Å²) in [4.78, 5) is 0. The number of unbranched alkanes of at least 4 members (excludes halogenated alkanes) is 5. The molecule has 44 heavy (non-hydrogen) atoms. The lowest BCUT2D eigenvalue weighted by atomic mass is 10.00. The minimum Gasteiger partial charge on any atom is -0.455 e. The highest BCUT2D eigenvalue weighted by molar-refractivity contribution is 9.10. The minimum atomic E-state index is -0.322. The molecule has 3 nitrogen and oxygen atoms in total. The van der Waals surface area contributed by atoms with Crippen LogP contribution in [0.25, 0.3) is 21.8 Å². The van der Waals surface area contributed by atoms with Crippen LogP contribution in [0.5, 0.6) is 11.5 Å². The molecule has 5 heteroatoms. The van der Waals surface area contributed by atoms with Crippen molar-refractivity contribution in [2.24, 2.45) is 0 Å². The number of rotatable bonds is 16. The zero-order valence-electron chi connectivity index (χ0n) is 26.3. The van der Waals surface area contributed by atoms with Crippen LogP contribution < -0.4 is 9.47 Å². The molecule has 1 unspecified atom stereocenters. The first-order valence-corrected chi connectivity index (χ1v) is 17.8. The molecule has 4 aromatic carbocycles. The maximum atomic E-state index is 6.35. The number of benzene rings is 4. The molecular formula is C39H45Br2NO2. The Bertz CT molecular complexity index is 1520. The van der Waals surface area contributed by atoms with E-state index in [1.807, 2.05) is 24.3 Å². The number of aryl methyl sites for hydroxylation is 2. The fraction of sp³-hybridized carbons (Fsp3) is 0.385. The third kappa shape index (κ3) is 8.69. The van der Waals surface area contributed by atoms with Crippen LogP contribution in [0.4, 0.5) is 0 Å². The van der Waals surface area contributed by atoms with Gasteiger partial charge < -0.3 is 14.0 Å². The topological polar surface area (TPSA) is 23.4 Å². The Balaban J connectivity index is 1.29. The van der Waals surface area contributed by atoms with Crippen molar-refractivity contribution in [3.05, 3.63) is 105 Å². The monoisotopic (exact) mass is 717 g/mol. The van der Waals surface area contributed by atoms with Gasteiger partial charge in [-0.2, -0.15) is 0 Å². The first kappa shape index (κ1) is 32.6. The zero-order valence-corrected chi connectivity index (χ0v) is 29.5. The minimum absolute atomic E-state index is 0.322. The molecule has 0 amide bonds. The highest BCUT2D eigenvalue weighted by Crippen LogP contribution is 2.38. The maximum Gasteiger partial charge on any atom is 0.241 e. The quantitative estimate of drug-likeness (QED) is 0.0749. The summed E-state index contributed by atoms with van der Waals surface area (Å²) in [5.41, 5.74) is 5.10. The summed E-state index contributed by atoms with van der Waals surface area (Å²) in [5.74, 6) is 1.70. The van der Waals surface area contributed by atoms with Gasteiger partial charge in [0.15, 0.2) is 0 Å². The maximum absolute atomic E-state index is 6.35. The summed E-state index contributed by atoms with van der Waals surface area (Å²) in [6.07, 6.45) is 11.4. The average molecular weight is 720 g/mol. The first-order valence-electron chi connectivity index (χ1n) is 16.3. The molecule has 0 aliphatic heterocycles. The Morgan fingerprint density at radius 1 is 0.568 bits per heavy atom. The fourth-order valence-electron chi connectivity index (χ4n) is 6.14. The summed E-state index contributed by atoms with van der Waals surface area (Å²) in [5, 5.41) is 2.66. The van der Waals surface area contributed by atoms with Crippen molar-refractivity contribution in [2.45, 2.75) is 97.3 Å². The molecule has 0 bridgehead atoms. The van der Waals surface area contributed by atoms with Gasteiger partial charge in [-0.3, -0.25) is 0 Å². The molecule has 232 valence electrons. The van der Waals surface area contributed by atoms with E-state index in [0.717, 1.165) is 46.1 Å². The van der Waals surface area contributed by atoms with Gasteiger partial charge in [-0.15, -0.1) is 0 Å². The van der Waals surface area contributed by atoms with Crippen molar-refractivity contribution in [2.75, 3.05) is 0 Å². The van der Waals surface area contributed by atoms with Gasteiger partial charge in [0.2, 0.25) is 6.29 Å². The summed E-state index contributed by atoms with van der Waals surface area (Å²) < 4.78 is 17.6. The van der Waals surface area contributed by atoms with E-state index < -0.39 is 0 Å². The number of nitrogens with zero attached hydrogens (tertiary/aromatic N) is 1. The molecule has 0 saturated heterocycles. The van der Waals surface area contributed by atoms with E-state index in [1.54, 1.807) is 0 Å². The molecule has 0 saturated carbocycles. The van der Waals surface area contributed by atoms with Gasteiger partial charge in [0, 0.05) is 32.2 Å². The summed E-state index contributed by atoms with van der Waals surface area (Å²) >= 11 is 7.51. The van der Waals surface area contributed by atoms with Crippen LogP contribution >= 0.6 is 31.9 Å². The van der Waals surface area contributed by atoms with E-state index in [4.69, 9.17) is 9.47 Å². The molecule has 5 aromatic rings. The summed E-state index contributed by atoms with van der Waals surface area (Å²) in [6, 6.07) is 30.4. The van der Waals surface area contributed by atoms with Gasteiger partial charge in [0.05, 0.1) is 11.0 Å². The predicted molar refractivity (Wildman–Crippen MR) is 193 cm³/mol. The van der Waals surface area contributed by atoms with Crippen molar-refractivity contribution in [1.82, 2.24) is 4.57 Å². The van der Waals surface area contributed by atoms with E-state index in [1.165, 1.54) is 71.5 Å². The lowest BCUT2D eigenvalue weighted by Crippen LogP contribution is -2.24. The summed E-state index contributed by atoms with van der Waals surface area (Å²) in [6.45, 7) is 6.48. The van der Waals surface area contributed by atoms with Gasteiger partial charge in [0.25, 0.3) is 0 Å². The standard InChI is InChI=1S/C39H45Br2NO2/c1-4-5-6-8-11-32(42-37-26-30(40)18-24-35(37)36-25-19-31(41)27-38(36)42)12-9-7-10-13-39(43-33-20-14-28(2)15-21-33)44-34-22-16-29(3)17-23-34/h14-27,32,39H,4-13H2,1-3H3. The normalized spacial score (nSPS) is 12.3. The van der Waals surface area contributed by atoms with Crippen LogP contribution in [0.3, 0.4) is 0 Å². The van der Waals surface area contributed by atoms with Crippen LogP contribution in [-0.2, 0) is 0 Å². The van der Waals surface area contributed by atoms with Crippen LogP contribution in [0.15, 0.2) is 93.9 Å². The predicted octanol–water partition coefficient (Wildman–Crippen LogP) is 12.9. The van der Waals surface area contributed by atoms with Crippen LogP contribution in [0, 0.1) is 13.8 Å². The molecule has 5 rings (SSSR count). The number of ether oxygens (including phenoxy) is 2. The molecule has 1 atom stereocenters. The SMILES string of the molecule is CCCCCCC(CCCCCC(Oc1ccc(C)cc1)Oc1ccc(C)cc1)n1c2cc(Br)ccc2c2ccc(Br)cc21. The van der Waals surface area contributed by atoms with Crippen molar-refractivity contribution in [1.29, 1.82) is 0 Å². The third-order valence-corrected chi connectivity index (χ3v) is 9.53. The second-order valence-electron chi connectivity index (χ2n) is 12.1. The fourth-order valence-corrected chi connectivity index (χ4v) is 6.84. The van der Waals surface area contributed by atoms with E-state index in [0.29, 0.717) is 6.04 Å². The van der Waals surface area contributed by atoms with E-state index >= 15 is 0 Å². The summed E-state index contributed by atoms with van der Waals surface area (Å²) in [7, 11) is 0. The number of fused-ring (bicyclic) bond motifs is 3. The molecular weight excluding hydrogens is 674 g/mol. The van der Waals surface area contributed by atoms with E-state index in [2.05, 4.69) is 118 Å². The van der Waals surface area contributed by atoms with Crippen molar-refractivity contribution in [3.8, 4) is 11.5 Å². The Hall–Kier alpha value is -2.76. The molecule has 0 aliphatic rings. The Morgan fingerprint density at radius 2 is 1.02 bits per heavy atom. The second-order valence-corrected chi connectivity index (χ2v) is 14.0. The Kier molecular flexibility index (Phi) is 11.9. The highest BCUT2D eigenvalue weighted by atomic mass is 79.9. The van der Waals surface area contributed by atoms with Gasteiger partial charge in [-0.05, 0) is 81.6 Å². The average Bonchev–Trinajstić information content (AvgIpc) is 3.32. The molecule has 0 N–H and O–H groups in total. The highest BCUT2D eigenvalue weighted by Gasteiger charge is 2.20. The zero-order chi connectivity index (χ0) is 30.9.